The van der Waals surface area contributed by atoms with Gasteiger partial charge in [0.2, 0.25) is 0 Å². The average Bonchev–Trinajstić information content (AvgIpc) is 3.13. The summed E-state index contributed by atoms with van der Waals surface area (Å²) in [7, 11) is 0. The van der Waals surface area contributed by atoms with E-state index in [1.54, 1.807) is 11.8 Å². The highest BCUT2D eigenvalue weighted by atomic mass is 79.9. The lowest BCUT2D eigenvalue weighted by Gasteiger charge is -2.35. The van der Waals surface area contributed by atoms with Crippen LogP contribution in [0.1, 0.15) is 25.0 Å². The summed E-state index contributed by atoms with van der Waals surface area (Å²) in [5.41, 5.74) is 2.49. The lowest BCUT2D eigenvalue weighted by atomic mass is 10.2. The Kier molecular flexibility index (Phi) is 7.85. The van der Waals surface area contributed by atoms with Crippen molar-refractivity contribution in [2.45, 2.75) is 38.6 Å². The molecule has 2 aromatic rings. The number of thioether (sulfide) groups is 1. The molecule has 1 heterocycles. The van der Waals surface area contributed by atoms with E-state index in [4.69, 9.17) is 4.74 Å². The zero-order chi connectivity index (χ0) is 19.9. The summed E-state index contributed by atoms with van der Waals surface area (Å²) in [6.45, 7) is 6.85. The van der Waals surface area contributed by atoms with Gasteiger partial charge in [-0.1, -0.05) is 64.9 Å². The second-order valence-electron chi connectivity index (χ2n) is 6.88. The molecule has 0 radical (unpaired) electrons. The molecule has 1 aliphatic heterocycles. The highest BCUT2D eigenvalue weighted by molar-refractivity contribution is 9.10. The van der Waals surface area contributed by atoms with E-state index in [9.17, 15) is 5.11 Å². The summed E-state index contributed by atoms with van der Waals surface area (Å²) in [6, 6.07) is 16.4. The van der Waals surface area contributed by atoms with Gasteiger partial charge in [-0.3, -0.25) is 4.90 Å². The first kappa shape index (κ1) is 21.2. The largest absolute Gasteiger partial charge is 0.489 e. The van der Waals surface area contributed by atoms with Gasteiger partial charge in [0.05, 0.1) is 6.10 Å². The lowest BCUT2D eigenvalue weighted by molar-refractivity contribution is 0.0927. The number of halogens is 1. The Morgan fingerprint density at radius 2 is 2.04 bits per heavy atom. The molecule has 1 aliphatic rings. The van der Waals surface area contributed by atoms with Crippen molar-refractivity contribution in [3.05, 3.63) is 75.7 Å². The zero-order valence-electron chi connectivity index (χ0n) is 16.3. The Balaban J connectivity index is 1.73. The standard InChI is InChI=1S/C22H27BrN2O2S/c1-3-24(22-25(11-12-28-22)14-17(2)26)15-19-13-20(23)9-10-21(19)27-16-18-7-5-4-6-8-18/h4-13,17,22,26H,3,14-16H2,1-2H3/t17-,22?/m0/s1. The van der Waals surface area contributed by atoms with Gasteiger partial charge >= 0.3 is 0 Å². The maximum Gasteiger partial charge on any atom is 0.134 e. The molecular weight excluding hydrogens is 436 g/mol. The number of benzene rings is 2. The van der Waals surface area contributed by atoms with Gasteiger partial charge in [0.15, 0.2) is 0 Å². The number of aliphatic hydroxyl groups excluding tert-OH is 1. The second kappa shape index (κ2) is 10.3. The van der Waals surface area contributed by atoms with Gasteiger partial charge in [0.25, 0.3) is 0 Å². The van der Waals surface area contributed by atoms with Crippen LogP contribution < -0.4 is 4.74 Å². The number of hydrogen-bond donors (Lipinski definition) is 1. The topological polar surface area (TPSA) is 35.9 Å². The third-order valence-corrected chi connectivity index (χ3v) is 6.15. The van der Waals surface area contributed by atoms with E-state index in [2.05, 4.69) is 62.5 Å². The molecule has 3 rings (SSSR count). The van der Waals surface area contributed by atoms with Crippen LogP contribution in [0.15, 0.2) is 64.6 Å². The monoisotopic (exact) mass is 462 g/mol. The van der Waals surface area contributed by atoms with Crippen molar-refractivity contribution in [3.63, 3.8) is 0 Å². The molecular formula is C22H27BrN2O2S. The Labute approximate surface area is 180 Å². The van der Waals surface area contributed by atoms with Gasteiger partial charge in [-0.05, 0) is 42.6 Å². The van der Waals surface area contributed by atoms with Crippen LogP contribution >= 0.6 is 27.7 Å². The van der Waals surface area contributed by atoms with Crippen molar-refractivity contribution in [2.24, 2.45) is 0 Å². The third-order valence-electron chi connectivity index (χ3n) is 4.56. The van der Waals surface area contributed by atoms with Crippen LogP contribution in [-0.4, -0.2) is 39.6 Å². The first-order valence-electron chi connectivity index (χ1n) is 9.52. The van der Waals surface area contributed by atoms with E-state index in [0.717, 1.165) is 34.4 Å². The van der Waals surface area contributed by atoms with Crippen molar-refractivity contribution in [1.29, 1.82) is 0 Å². The molecule has 4 nitrogen and oxygen atoms in total. The molecule has 0 spiro atoms. The fourth-order valence-corrected chi connectivity index (χ4v) is 4.68. The molecule has 6 heteroatoms. The predicted octanol–water partition coefficient (Wildman–Crippen LogP) is 5.03. The Morgan fingerprint density at radius 1 is 1.25 bits per heavy atom. The maximum atomic E-state index is 9.80. The molecule has 1 N–H and O–H groups in total. The number of β-amino-alcohol motifs (C(OH)–C–C–N with tert-alkyl or cyclic N) is 1. The summed E-state index contributed by atoms with van der Waals surface area (Å²) in [4.78, 5) is 4.59. The first-order valence-corrected chi connectivity index (χ1v) is 11.3. The summed E-state index contributed by atoms with van der Waals surface area (Å²) >= 11 is 5.37. The van der Waals surface area contributed by atoms with E-state index in [-0.39, 0.29) is 11.6 Å². The smallest absolute Gasteiger partial charge is 0.134 e. The van der Waals surface area contributed by atoms with E-state index in [0.29, 0.717) is 13.2 Å². The van der Waals surface area contributed by atoms with Crippen LogP contribution in [0.4, 0.5) is 0 Å². The summed E-state index contributed by atoms with van der Waals surface area (Å²) < 4.78 is 7.20. The fourth-order valence-electron chi connectivity index (χ4n) is 3.20. The second-order valence-corrected chi connectivity index (χ2v) is 8.76. The summed E-state index contributed by atoms with van der Waals surface area (Å²) in [5, 5.41) is 11.9. The molecule has 0 bridgehead atoms. The summed E-state index contributed by atoms with van der Waals surface area (Å²) in [5.74, 6) is 0.906. The van der Waals surface area contributed by atoms with Gasteiger partial charge in [0.1, 0.15) is 17.9 Å². The summed E-state index contributed by atoms with van der Waals surface area (Å²) in [6.07, 6.45) is 1.71. The Bertz CT molecular complexity index is 785. The fraction of sp³-hybridized carbons (Fsp3) is 0.364. The van der Waals surface area contributed by atoms with Gasteiger partial charge < -0.3 is 14.7 Å². The van der Waals surface area contributed by atoms with Gasteiger partial charge in [-0.2, -0.15) is 0 Å². The predicted molar refractivity (Wildman–Crippen MR) is 120 cm³/mol. The molecule has 150 valence electrons. The SMILES string of the molecule is CCN(Cc1cc(Br)ccc1OCc1ccccc1)C1SC=CN1C[C@H](C)O. The molecule has 0 saturated heterocycles. The first-order chi connectivity index (χ1) is 13.6. The lowest BCUT2D eigenvalue weighted by Crippen LogP contribution is -2.43. The van der Waals surface area contributed by atoms with Gasteiger partial charge in [0, 0.05) is 29.3 Å². The molecule has 0 aromatic heterocycles. The number of hydrogen-bond acceptors (Lipinski definition) is 5. The van der Waals surface area contributed by atoms with E-state index in [1.807, 2.05) is 37.3 Å². The van der Waals surface area contributed by atoms with E-state index < -0.39 is 0 Å². The molecule has 0 aliphatic carbocycles. The molecule has 1 unspecified atom stereocenters. The molecule has 0 fully saturated rings. The third kappa shape index (κ3) is 5.77. The van der Waals surface area contributed by atoms with Crippen molar-refractivity contribution in [3.8, 4) is 5.75 Å². The van der Waals surface area contributed by atoms with Crippen LogP contribution in [0.5, 0.6) is 5.75 Å². The highest BCUT2D eigenvalue weighted by Gasteiger charge is 2.27. The molecule has 28 heavy (non-hydrogen) atoms. The van der Waals surface area contributed by atoms with Crippen LogP contribution in [-0.2, 0) is 13.2 Å². The number of aliphatic hydroxyl groups is 1. The van der Waals surface area contributed by atoms with Crippen molar-refractivity contribution >= 4 is 27.7 Å². The average molecular weight is 463 g/mol. The Hall–Kier alpha value is -1.47. The zero-order valence-corrected chi connectivity index (χ0v) is 18.7. The Morgan fingerprint density at radius 3 is 2.75 bits per heavy atom. The minimum Gasteiger partial charge on any atom is -0.489 e. The normalized spacial score (nSPS) is 17.3. The van der Waals surface area contributed by atoms with Crippen LogP contribution in [0.3, 0.4) is 0 Å². The van der Waals surface area contributed by atoms with E-state index >= 15 is 0 Å². The number of nitrogens with zero attached hydrogens (tertiary/aromatic N) is 2. The van der Waals surface area contributed by atoms with Gasteiger partial charge in [-0.15, -0.1) is 0 Å². The van der Waals surface area contributed by atoms with Crippen molar-refractivity contribution in [2.75, 3.05) is 13.1 Å². The quantitative estimate of drug-likeness (QED) is 0.564. The number of rotatable bonds is 9. The maximum absolute atomic E-state index is 9.80. The molecule has 2 atom stereocenters. The molecule has 2 aromatic carbocycles. The van der Waals surface area contributed by atoms with Crippen LogP contribution in [0, 0.1) is 0 Å². The minimum absolute atomic E-state index is 0.181. The van der Waals surface area contributed by atoms with Crippen LogP contribution in [0.2, 0.25) is 0 Å². The molecule has 0 saturated carbocycles. The minimum atomic E-state index is -0.361. The van der Waals surface area contributed by atoms with Crippen LogP contribution in [0.25, 0.3) is 0 Å². The number of ether oxygens (including phenoxy) is 1. The van der Waals surface area contributed by atoms with E-state index in [1.165, 1.54) is 0 Å². The molecule has 0 amide bonds. The van der Waals surface area contributed by atoms with Crippen molar-refractivity contribution in [1.82, 2.24) is 9.80 Å². The van der Waals surface area contributed by atoms with Gasteiger partial charge in [-0.25, -0.2) is 0 Å². The van der Waals surface area contributed by atoms with Crippen molar-refractivity contribution < 1.29 is 9.84 Å². The highest BCUT2D eigenvalue weighted by Crippen LogP contribution is 2.32.